The van der Waals surface area contributed by atoms with E-state index in [9.17, 15) is 22.4 Å². The predicted octanol–water partition coefficient (Wildman–Crippen LogP) is 6.11. The zero-order valence-electron chi connectivity index (χ0n) is 24.4. The lowest BCUT2D eigenvalue weighted by Gasteiger charge is -2.34. The van der Waals surface area contributed by atoms with Crippen LogP contribution in [0.4, 0.5) is 10.1 Å². The van der Waals surface area contributed by atoms with Gasteiger partial charge in [-0.1, -0.05) is 85.5 Å². The SMILES string of the molecule is CS(=O)(=O)N(CCCC(=O)N(Cc1cccc(Cl)c1)[C@H](Cc1ccccc1)C(=O)NC1CCCCC1)c1ccccc1F. The first kappa shape index (κ1) is 32.5. The van der Waals surface area contributed by atoms with Gasteiger partial charge in [0.25, 0.3) is 0 Å². The molecule has 0 bridgehead atoms. The molecule has 230 valence electrons. The summed E-state index contributed by atoms with van der Waals surface area (Å²) in [5.41, 5.74) is 1.62. The van der Waals surface area contributed by atoms with Crippen molar-refractivity contribution in [2.24, 2.45) is 0 Å². The number of hydrogen-bond acceptors (Lipinski definition) is 4. The summed E-state index contributed by atoms with van der Waals surface area (Å²) in [6.45, 7) is 0.0617. The van der Waals surface area contributed by atoms with Gasteiger partial charge in [0, 0.05) is 37.0 Å². The van der Waals surface area contributed by atoms with Crippen molar-refractivity contribution in [1.82, 2.24) is 10.2 Å². The maximum Gasteiger partial charge on any atom is 0.243 e. The molecule has 1 N–H and O–H groups in total. The third-order valence-corrected chi connectivity index (χ3v) is 9.15. The standard InChI is InChI=1S/C33H39ClFN3O4S/c1-43(41,42)38(30-19-9-8-18-29(30)35)21-11-20-32(39)37(24-26-14-10-15-27(34)22-26)31(23-25-12-4-2-5-13-25)33(40)36-28-16-6-3-7-17-28/h2,4-5,8-10,12-15,18-19,22,28,31H,3,6-7,11,16-17,20-21,23-24H2,1H3,(H,36,40)/t31-/m1/s1. The molecule has 2 amide bonds. The van der Waals surface area contributed by atoms with E-state index >= 15 is 0 Å². The Balaban J connectivity index is 1.59. The van der Waals surface area contributed by atoms with Gasteiger partial charge in [0.05, 0.1) is 11.9 Å². The lowest BCUT2D eigenvalue weighted by atomic mass is 9.94. The molecule has 0 heterocycles. The topological polar surface area (TPSA) is 86.8 Å². The molecule has 0 aromatic heterocycles. The van der Waals surface area contributed by atoms with Crippen LogP contribution in [0.5, 0.6) is 0 Å². The molecule has 3 aromatic rings. The quantitative estimate of drug-likeness (QED) is 0.248. The van der Waals surface area contributed by atoms with E-state index in [1.54, 1.807) is 29.2 Å². The van der Waals surface area contributed by atoms with E-state index in [0.717, 1.165) is 53.8 Å². The van der Waals surface area contributed by atoms with Crippen LogP contribution in [0.25, 0.3) is 0 Å². The zero-order valence-corrected chi connectivity index (χ0v) is 26.0. The Labute approximate surface area is 259 Å². The van der Waals surface area contributed by atoms with Gasteiger partial charge in [0.2, 0.25) is 21.8 Å². The van der Waals surface area contributed by atoms with Gasteiger partial charge in [-0.05, 0) is 54.7 Å². The third kappa shape index (κ3) is 9.53. The van der Waals surface area contributed by atoms with Gasteiger partial charge in [-0.25, -0.2) is 12.8 Å². The summed E-state index contributed by atoms with van der Waals surface area (Å²) in [6, 6.07) is 21.6. The van der Waals surface area contributed by atoms with Crippen LogP contribution in [0.3, 0.4) is 0 Å². The number of sulfonamides is 1. The minimum Gasteiger partial charge on any atom is -0.352 e. The number of carbonyl (C=O) groups is 2. The van der Waals surface area contributed by atoms with Crippen LogP contribution in [-0.2, 0) is 32.6 Å². The molecule has 3 aromatic carbocycles. The molecule has 1 aliphatic rings. The van der Waals surface area contributed by atoms with Gasteiger partial charge in [-0.15, -0.1) is 0 Å². The highest BCUT2D eigenvalue weighted by Gasteiger charge is 2.32. The average Bonchev–Trinajstić information content (AvgIpc) is 2.98. The van der Waals surface area contributed by atoms with Crippen molar-refractivity contribution in [2.75, 3.05) is 17.1 Å². The second-order valence-corrected chi connectivity index (χ2v) is 13.4. The number of nitrogens with one attached hydrogen (secondary N) is 1. The van der Waals surface area contributed by atoms with Crippen LogP contribution in [0.1, 0.15) is 56.1 Å². The van der Waals surface area contributed by atoms with Crippen LogP contribution < -0.4 is 9.62 Å². The lowest BCUT2D eigenvalue weighted by molar-refractivity contribution is -0.141. The van der Waals surface area contributed by atoms with Crippen molar-refractivity contribution in [1.29, 1.82) is 0 Å². The monoisotopic (exact) mass is 627 g/mol. The molecule has 0 aliphatic heterocycles. The van der Waals surface area contributed by atoms with Gasteiger partial charge in [0.1, 0.15) is 11.9 Å². The molecule has 10 heteroatoms. The fraction of sp³-hybridized carbons (Fsp3) is 0.394. The number of nitrogens with zero attached hydrogens (tertiary/aromatic N) is 2. The molecular formula is C33H39ClFN3O4S. The van der Waals surface area contributed by atoms with Crippen LogP contribution in [-0.4, -0.2) is 50.0 Å². The maximum absolute atomic E-state index is 14.5. The summed E-state index contributed by atoms with van der Waals surface area (Å²) < 4.78 is 40.6. The Morgan fingerprint density at radius 1 is 0.953 bits per heavy atom. The highest BCUT2D eigenvalue weighted by molar-refractivity contribution is 7.92. The van der Waals surface area contributed by atoms with Crippen molar-refractivity contribution in [3.63, 3.8) is 0 Å². The first-order valence-corrected chi connectivity index (χ1v) is 16.9. The summed E-state index contributed by atoms with van der Waals surface area (Å²) in [7, 11) is -3.81. The Hall–Kier alpha value is -3.43. The zero-order chi connectivity index (χ0) is 30.8. The molecule has 1 aliphatic carbocycles. The second kappa shape index (κ2) is 15.3. The fourth-order valence-electron chi connectivity index (χ4n) is 5.57. The third-order valence-electron chi connectivity index (χ3n) is 7.74. The van der Waals surface area contributed by atoms with E-state index in [-0.39, 0.29) is 49.5 Å². The highest BCUT2D eigenvalue weighted by Crippen LogP contribution is 2.24. The van der Waals surface area contributed by atoms with Gasteiger partial charge < -0.3 is 10.2 Å². The molecule has 1 saturated carbocycles. The van der Waals surface area contributed by atoms with Crippen LogP contribution in [0, 0.1) is 5.82 Å². The van der Waals surface area contributed by atoms with Crippen LogP contribution in [0.15, 0.2) is 78.9 Å². The average molecular weight is 628 g/mol. The molecule has 1 fully saturated rings. The second-order valence-electron chi connectivity index (χ2n) is 11.1. The van der Waals surface area contributed by atoms with Crippen LogP contribution in [0.2, 0.25) is 5.02 Å². The molecule has 7 nitrogen and oxygen atoms in total. The Bertz CT molecular complexity index is 1480. The number of amides is 2. The summed E-state index contributed by atoms with van der Waals surface area (Å²) in [5, 5.41) is 3.72. The van der Waals surface area contributed by atoms with E-state index in [1.165, 1.54) is 18.2 Å². The Kier molecular flexibility index (Phi) is 11.6. The summed E-state index contributed by atoms with van der Waals surface area (Å²) in [5.74, 6) is -1.18. The number of hydrogen-bond donors (Lipinski definition) is 1. The van der Waals surface area contributed by atoms with E-state index < -0.39 is 21.9 Å². The molecule has 0 unspecified atom stereocenters. The molecule has 43 heavy (non-hydrogen) atoms. The normalized spacial score (nSPS) is 14.6. The van der Waals surface area contributed by atoms with Crippen LogP contribution >= 0.6 is 11.6 Å². The summed E-state index contributed by atoms with van der Waals surface area (Å²) in [4.78, 5) is 29.4. The van der Waals surface area contributed by atoms with Gasteiger partial charge in [-0.3, -0.25) is 13.9 Å². The minimum absolute atomic E-state index is 0.0387. The van der Waals surface area contributed by atoms with Crippen molar-refractivity contribution in [2.45, 2.75) is 70.0 Å². The van der Waals surface area contributed by atoms with Crippen molar-refractivity contribution in [3.05, 3.63) is 101 Å². The number of rotatable bonds is 13. The number of halogens is 2. The van der Waals surface area contributed by atoms with E-state index in [0.29, 0.717) is 11.4 Å². The molecule has 0 radical (unpaired) electrons. The predicted molar refractivity (Wildman–Crippen MR) is 169 cm³/mol. The Morgan fingerprint density at radius 2 is 1.63 bits per heavy atom. The van der Waals surface area contributed by atoms with Gasteiger partial charge in [-0.2, -0.15) is 0 Å². The fourth-order valence-corrected chi connectivity index (χ4v) is 6.75. The summed E-state index contributed by atoms with van der Waals surface area (Å²) >= 11 is 6.26. The number of anilines is 1. The van der Waals surface area contributed by atoms with Gasteiger partial charge in [0.15, 0.2) is 0 Å². The number of para-hydroxylation sites is 1. The molecule has 4 rings (SSSR count). The number of benzene rings is 3. The molecule has 0 saturated heterocycles. The molecule has 1 atom stereocenters. The molecular weight excluding hydrogens is 589 g/mol. The van der Waals surface area contributed by atoms with E-state index in [2.05, 4.69) is 5.32 Å². The van der Waals surface area contributed by atoms with E-state index in [1.807, 2.05) is 36.4 Å². The van der Waals surface area contributed by atoms with Crippen molar-refractivity contribution >= 4 is 39.1 Å². The van der Waals surface area contributed by atoms with Gasteiger partial charge >= 0.3 is 0 Å². The smallest absolute Gasteiger partial charge is 0.243 e. The van der Waals surface area contributed by atoms with Crippen molar-refractivity contribution in [3.8, 4) is 0 Å². The molecule has 0 spiro atoms. The largest absolute Gasteiger partial charge is 0.352 e. The maximum atomic E-state index is 14.5. The lowest BCUT2D eigenvalue weighted by Crippen LogP contribution is -2.53. The Morgan fingerprint density at radius 3 is 2.30 bits per heavy atom. The van der Waals surface area contributed by atoms with Crippen molar-refractivity contribution < 1.29 is 22.4 Å². The highest BCUT2D eigenvalue weighted by atomic mass is 35.5. The summed E-state index contributed by atoms with van der Waals surface area (Å²) in [6.07, 6.45) is 6.49. The first-order valence-electron chi connectivity index (χ1n) is 14.7. The first-order chi connectivity index (χ1) is 20.6. The minimum atomic E-state index is -3.81. The van der Waals surface area contributed by atoms with E-state index in [4.69, 9.17) is 11.6 Å². The number of carbonyl (C=O) groups excluding carboxylic acids is 2.